The normalized spacial score (nSPS) is 9.96. The van der Waals surface area contributed by atoms with Crippen LogP contribution in [0.5, 0.6) is 0 Å². The summed E-state index contributed by atoms with van der Waals surface area (Å²) in [5.74, 6) is -0.0795. The van der Waals surface area contributed by atoms with Gasteiger partial charge in [-0.1, -0.05) is 36.7 Å². The standard InChI is InChI=1S/C18H18ClN3O/c1-2-9-21-18(23)14-6-3-5-13(10-14)12-22-17-15(11-20)7-4-8-16(17)19/h3-8,10,22H,2,9,12H2,1H3,(H,21,23). The van der Waals surface area contributed by atoms with Crippen LogP contribution < -0.4 is 10.6 Å². The Morgan fingerprint density at radius 1 is 1.26 bits per heavy atom. The van der Waals surface area contributed by atoms with E-state index in [2.05, 4.69) is 16.7 Å². The summed E-state index contributed by atoms with van der Waals surface area (Å²) in [6, 6.07) is 14.7. The Bertz CT molecular complexity index is 737. The van der Waals surface area contributed by atoms with Gasteiger partial charge in [0.05, 0.1) is 16.3 Å². The molecule has 0 saturated heterocycles. The molecule has 0 unspecified atom stereocenters. The van der Waals surface area contributed by atoms with Gasteiger partial charge >= 0.3 is 0 Å². The summed E-state index contributed by atoms with van der Waals surface area (Å²) in [6.07, 6.45) is 0.899. The molecule has 0 aliphatic heterocycles. The summed E-state index contributed by atoms with van der Waals surface area (Å²) < 4.78 is 0. The topological polar surface area (TPSA) is 64.9 Å². The lowest BCUT2D eigenvalue weighted by molar-refractivity contribution is 0.0953. The monoisotopic (exact) mass is 327 g/mol. The summed E-state index contributed by atoms with van der Waals surface area (Å²) in [4.78, 5) is 12.0. The number of rotatable bonds is 6. The van der Waals surface area contributed by atoms with Crippen molar-refractivity contribution in [2.45, 2.75) is 19.9 Å². The number of para-hydroxylation sites is 1. The molecule has 2 aromatic rings. The van der Waals surface area contributed by atoms with Crippen LogP contribution in [-0.2, 0) is 6.54 Å². The maximum atomic E-state index is 12.0. The fourth-order valence-electron chi connectivity index (χ4n) is 2.15. The van der Waals surface area contributed by atoms with Gasteiger partial charge in [0.1, 0.15) is 6.07 Å². The molecule has 0 saturated carbocycles. The zero-order valence-corrected chi connectivity index (χ0v) is 13.7. The molecule has 0 fully saturated rings. The van der Waals surface area contributed by atoms with Crippen molar-refractivity contribution in [3.05, 3.63) is 64.2 Å². The molecule has 4 nitrogen and oxygen atoms in total. The van der Waals surface area contributed by atoms with Crippen LogP contribution in [-0.4, -0.2) is 12.5 Å². The first-order valence-electron chi connectivity index (χ1n) is 7.45. The zero-order chi connectivity index (χ0) is 16.7. The SMILES string of the molecule is CCCNC(=O)c1cccc(CNc2c(Cl)cccc2C#N)c1. The number of hydrogen-bond donors (Lipinski definition) is 2. The number of nitrogens with one attached hydrogen (secondary N) is 2. The third-order valence-electron chi connectivity index (χ3n) is 3.33. The van der Waals surface area contributed by atoms with Gasteiger partial charge in [-0.2, -0.15) is 5.26 Å². The second-order valence-corrected chi connectivity index (χ2v) is 5.49. The molecular weight excluding hydrogens is 310 g/mol. The molecule has 0 heterocycles. The Morgan fingerprint density at radius 2 is 2.04 bits per heavy atom. The predicted molar refractivity (Wildman–Crippen MR) is 92.6 cm³/mol. The molecule has 0 aliphatic carbocycles. The predicted octanol–water partition coefficient (Wildman–Crippen LogP) is 3.96. The Labute approximate surface area is 141 Å². The first-order chi connectivity index (χ1) is 11.2. The fourth-order valence-corrected chi connectivity index (χ4v) is 2.39. The van der Waals surface area contributed by atoms with E-state index in [1.807, 2.05) is 25.1 Å². The van der Waals surface area contributed by atoms with Gasteiger partial charge in [-0.3, -0.25) is 4.79 Å². The molecule has 1 amide bonds. The van der Waals surface area contributed by atoms with E-state index in [1.165, 1.54) is 0 Å². The van der Waals surface area contributed by atoms with E-state index in [9.17, 15) is 4.79 Å². The van der Waals surface area contributed by atoms with Gasteiger partial charge in [-0.25, -0.2) is 0 Å². The molecule has 0 bridgehead atoms. The first-order valence-corrected chi connectivity index (χ1v) is 7.83. The van der Waals surface area contributed by atoms with Gasteiger partial charge in [0, 0.05) is 18.7 Å². The summed E-state index contributed by atoms with van der Waals surface area (Å²) >= 11 is 6.14. The average Bonchev–Trinajstić information content (AvgIpc) is 2.58. The minimum atomic E-state index is -0.0795. The van der Waals surface area contributed by atoms with Crippen LogP contribution in [0.4, 0.5) is 5.69 Å². The van der Waals surface area contributed by atoms with Gasteiger partial charge < -0.3 is 10.6 Å². The van der Waals surface area contributed by atoms with Gasteiger partial charge in [-0.15, -0.1) is 0 Å². The highest BCUT2D eigenvalue weighted by Crippen LogP contribution is 2.26. The molecule has 0 radical (unpaired) electrons. The lowest BCUT2D eigenvalue weighted by Gasteiger charge is -2.11. The van der Waals surface area contributed by atoms with Crippen molar-refractivity contribution in [2.75, 3.05) is 11.9 Å². The third-order valence-corrected chi connectivity index (χ3v) is 3.64. The van der Waals surface area contributed by atoms with E-state index in [1.54, 1.807) is 24.3 Å². The molecule has 2 rings (SSSR count). The zero-order valence-electron chi connectivity index (χ0n) is 12.9. The quantitative estimate of drug-likeness (QED) is 0.844. The Kier molecular flexibility index (Phi) is 6.02. The lowest BCUT2D eigenvalue weighted by Crippen LogP contribution is -2.24. The van der Waals surface area contributed by atoms with Crippen molar-refractivity contribution in [1.29, 1.82) is 5.26 Å². The molecule has 2 aromatic carbocycles. The van der Waals surface area contributed by atoms with Crippen molar-refractivity contribution in [2.24, 2.45) is 0 Å². The number of carbonyl (C=O) groups is 1. The average molecular weight is 328 g/mol. The van der Waals surface area contributed by atoms with Crippen molar-refractivity contribution < 1.29 is 4.79 Å². The summed E-state index contributed by atoms with van der Waals surface area (Å²) in [7, 11) is 0. The second-order valence-electron chi connectivity index (χ2n) is 5.08. The number of halogens is 1. The van der Waals surface area contributed by atoms with Crippen LogP contribution >= 0.6 is 11.6 Å². The highest BCUT2D eigenvalue weighted by Gasteiger charge is 2.08. The van der Waals surface area contributed by atoms with E-state index in [0.29, 0.717) is 34.9 Å². The summed E-state index contributed by atoms with van der Waals surface area (Å²) in [6.45, 7) is 3.15. The molecule has 5 heteroatoms. The van der Waals surface area contributed by atoms with Crippen LogP contribution in [0.1, 0.15) is 34.8 Å². The van der Waals surface area contributed by atoms with E-state index in [-0.39, 0.29) is 5.91 Å². The molecule has 0 aromatic heterocycles. The van der Waals surface area contributed by atoms with Crippen molar-refractivity contribution in [3.63, 3.8) is 0 Å². The van der Waals surface area contributed by atoms with Gasteiger partial charge in [0.2, 0.25) is 0 Å². The van der Waals surface area contributed by atoms with E-state index in [0.717, 1.165) is 12.0 Å². The lowest BCUT2D eigenvalue weighted by atomic mass is 10.1. The molecule has 0 aliphatic rings. The van der Waals surface area contributed by atoms with E-state index in [4.69, 9.17) is 16.9 Å². The number of nitriles is 1. The van der Waals surface area contributed by atoms with Crippen molar-refractivity contribution >= 4 is 23.2 Å². The Balaban J connectivity index is 2.10. The number of carbonyl (C=O) groups excluding carboxylic acids is 1. The van der Waals surface area contributed by atoms with Crippen molar-refractivity contribution in [3.8, 4) is 6.07 Å². The minimum Gasteiger partial charge on any atom is -0.379 e. The molecular formula is C18H18ClN3O. The van der Waals surface area contributed by atoms with Gasteiger partial charge in [0.25, 0.3) is 5.91 Å². The number of nitrogens with zero attached hydrogens (tertiary/aromatic N) is 1. The first kappa shape index (κ1) is 16.9. The number of benzene rings is 2. The maximum absolute atomic E-state index is 12.0. The van der Waals surface area contributed by atoms with E-state index >= 15 is 0 Å². The fraction of sp³-hybridized carbons (Fsp3) is 0.222. The second kappa shape index (κ2) is 8.21. The Hall–Kier alpha value is -2.51. The molecule has 0 atom stereocenters. The van der Waals surface area contributed by atoms with Crippen LogP contribution in [0.2, 0.25) is 5.02 Å². The number of anilines is 1. The maximum Gasteiger partial charge on any atom is 0.251 e. The number of amides is 1. The highest BCUT2D eigenvalue weighted by molar-refractivity contribution is 6.33. The number of hydrogen-bond acceptors (Lipinski definition) is 3. The van der Waals surface area contributed by atoms with E-state index < -0.39 is 0 Å². The van der Waals surface area contributed by atoms with Crippen molar-refractivity contribution in [1.82, 2.24) is 5.32 Å². The largest absolute Gasteiger partial charge is 0.379 e. The molecule has 2 N–H and O–H groups in total. The Morgan fingerprint density at radius 3 is 2.78 bits per heavy atom. The van der Waals surface area contributed by atoms with Crippen LogP contribution in [0, 0.1) is 11.3 Å². The summed E-state index contributed by atoms with van der Waals surface area (Å²) in [5.41, 5.74) is 2.67. The molecule has 118 valence electrons. The summed E-state index contributed by atoms with van der Waals surface area (Å²) in [5, 5.41) is 15.7. The smallest absolute Gasteiger partial charge is 0.251 e. The van der Waals surface area contributed by atoms with Crippen LogP contribution in [0.25, 0.3) is 0 Å². The molecule has 23 heavy (non-hydrogen) atoms. The van der Waals surface area contributed by atoms with Crippen LogP contribution in [0.3, 0.4) is 0 Å². The van der Waals surface area contributed by atoms with Gasteiger partial charge in [0.15, 0.2) is 0 Å². The van der Waals surface area contributed by atoms with Gasteiger partial charge in [-0.05, 0) is 36.2 Å². The third kappa shape index (κ3) is 4.48. The van der Waals surface area contributed by atoms with Crippen LogP contribution in [0.15, 0.2) is 42.5 Å². The molecule has 0 spiro atoms. The highest BCUT2D eigenvalue weighted by atomic mass is 35.5. The minimum absolute atomic E-state index is 0.0795.